The maximum absolute atomic E-state index is 12.3. The Morgan fingerprint density at radius 2 is 1.67 bits per heavy atom. The highest BCUT2D eigenvalue weighted by molar-refractivity contribution is 5.74. The van der Waals surface area contributed by atoms with E-state index in [1.165, 1.54) is 5.56 Å². The Kier molecular flexibility index (Phi) is 5.40. The van der Waals surface area contributed by atoms with Crippen LogP contribution in [-0.2, 0) is 20.7 Å². The summed E-state index contributed by atoms with van der Waals surface area (Å²) in [4.78, 5) is 12.3. The zero-order chi connectivity index (χ0) is 15.4. The van der Waals surface area contributed by atoms with Gasteiger partial charge in [0.25, 0.3) is 0 Å². The van der Waals surface area contributed by atoms with E-state index in [1.54, 1.807) is 7.11 Å². The summed E-state index contributed by atoms with van der Waals surface area (Å²) in [7, 11) is 1.70. The van der Waals surface area contributed by atoms with Gasteiger partial charge in [0.2, 0.25) is 0 Å². The van der Waals surface area contributed by atoms with Gasteiger partial charge < -0.3 is 9.47 Å². The molecule has 21 heavy (non-hydrogen) atoms. The number of carbonyl (C=O) groups excluding carboxylic acids is 1. The average molecular weight is 290 g/mol. The third-order valence-corrected chi connectivity index (χ3v) is 4.39. The van der Waals surface area contributed by atoms with Crippen molar-refractivity contribution in [2.24, 2.45) is 0 Å². The second kappa shape index (κ2) is 7.08. The first kappa shape index (κ1) is 16.0. The van der Waals surface area contributed by atoms with Crippen LogP contribution >= 0.6 is 0 Å². The van der Waals surface area contributed by atoms with Gasteiger partial charge in [0.05, 0.1) is 12.5 Å². The van der Waals surface area contributed by atoms with Crippen LogP contribution in [0.1, 0.15) is 47.9 Å². The van der Waals surface area contributed by atoms with E-state index in [4.69, 9.17) is 9.47 Å². The summed E-state index contributed by atoms with van der Waals surface area (Å²) in [6.07, 6.45) is 4.49. The minimum atomic E-state index is -0.140. The van der Waals surface area contributed by atoms with Crippen LogP contribution in [-0.4, -0.2) is 25.3 Å². The lowest BCUT2D eigenvalue weighted by atomic mass is 9.94. The first-order valence-corrected chi connectivity index (χ1v) is 7.80. The zero-order valence-corrected chi connectivity index (χ0v) is 13.6. The molecule has 0 bridgehead atoms. The molecule has 2 rings (SSSR count). The third-order valence-electron chi connectivity index (χ3n) is 4.39. The largest absolute Gasteiger partial charge is 0.459 e. The number of methoxy groups -OCH3 is 1. The van der Waals surface area contributed by atoms with Gasteiger partial charge >= 0.3 is 5.97 Å². The monoisotopic (exact) mass is 290 g/mol. The fraction of sp³-hybridized carbons (Fsp3) is 0.611. The van der Waals surface area contributed by atoms with E-state index in [1.807, 2.05) is 0 Å². The summed E-state index contributed by atoms with van der Waals surface area (Å²) < 4.78 is 11.1. The summed E-state index contributed by atoms with van der Waals surface area (Å²) in [5.41, 5.74) is 4.65. The van der Waals surface area contributed by atoms with Crippen molar-refractivity contribution in [1.82, 2.24) is 0 Å². The number of aryl methyl sites for hydroxylation is 3. The molecule has 2 unspecified atom stereocenters. The van der Waals surface area contributed by atoms with Crippen LogP contribution in [0.4, 0.5) is 0 Å². The van der Waals surface area contributed by atoms with E-state index in [0.717, 1.165) is 42.4 Å². The maximum Gasteiger partial charge on any atom is 0.310 e. The Balaban J connectivity index is 2.01. The molecule has 1 aromatic carbocycles. The number of ether oxygens (including phenoxy) is 2. The zero-order valence-electron chi connectivity index (χ0n) is 13.6. The van der Waals surface area contributed by atoms with Crippen molar-refractivity contribution in [2.45, 2.75) is 65.1 Å². The topological polar surface area (TPSA) is 35.5 Å². The third kappa shape index (κ3) is 4.07. The molecule has 1 saturated carbocycles. The molecule has 3 nitrogen and oxygen atoms in total. The van der Waals surface area contributed by atoms with Gasteiger partial charge in [-0.2, -0.15) is 0 Å². The van der Waals surface area contributed by atoms with Crippen LogP contribution in [0.25, 0.3) is 0 Å². The number of hydrogen-bond donors (Lipinski definition) is 0. The van der Waals surface area contributed by atoms with E-state index in [9.17, 15) is 4.79 Å². The smallest absolute Gasteiger partial charge is 0.310 e. The van der Waals surface area contributed by atoms with Gasteiger partial charge in [0.15, 0.2) is 0 Å². The lowest BCUT2D eigenvalue weighted by Gasteiger charge is -2.30. The first-order valence-electron chi connectivity index (χ1n) is 7.80. The average Bonchev–Trinajstić information content (AvgIpc) is 2.43. The van der Waals surface area contributed by atoms with E-state index in [0.29, 0.717) is 6.42 Å². The number of esters is 1. The molecule has 2 atom stereocenters. The predicted octanol–water partition coefficient (Wildman–Crippen LogP) is 3.66. The van der Waals surface area contributed by atoms with Crippen molar-refractivity contribution < 1.29 is 14.3 Å². The van der Waals surface area contributed by atoms with Crippen LogP contribution in [0.15, 0.2) is 12.1 Å². The SMILES string of the molecule is COC1CCCCC1OC(=O)Cc1c(C)cc(C)cc1C. The summed E-state index contributed by atoms with van der Waals surface area (Å²) in [6.45, 7) is 6.19. The van der Waals surface area contributed by atoms with Gasteiger partial charge in [-0.1, -0.05) is 24.1 Å². The fourth-order valence-corrected chi connectivity index (χ4v) is 3.31. The molecule has 0 N–H and O–H groups in total. The van der Waals surface area contributed by atoms with Gasteiger partial charge in [0.1, 0.15) is 6.10 Å². The number of hydrogen-bond acceptors (Lipinski definition) is 3. The Morgan fingerprint density at radius 1 is 1.10 bits per heavy atom. The Morgan fingerprint density at radius 3 is 2.24 bits per heavy atom. The Hall–Kier alpha value is -1.35. The number of benzene rings is 1. The lowest BCUT2D eigenvalue weighted by molar-refractivity contribution is -0.158. The summed E-state index contributed by atoms with van der Waals surface area (Å²) in [5, 5.41) is 0. The van der Waals surface area contributed by atoms with Crippen LogP contribution in [0.5, 0.6) is 0 Å². The van der Waals surface area contributed by atoms with Crippen molar-refractivity contribution in [3.05, 3.63) is 34.4 Å². The summed E-state index contributed by atoms with van der Waals surface area (Å²) in [6, 6.07) is 4.24. The van der Waals surface area contributed by atoms with Crippen LogP contribution in [0.2, 0.25) is 0 Å². The van der Waals surface area contributed by atoms with Gasteiger partial charge in [-0.25, -0.2) is 0 Å². The molecule has 1 fully saturated rings. The molecular weight excluding hydrogens is 264 g/mol. The standard InChI is InChI=1S/C18H26O3/c1-12-9-13(2)15(14(3)10-12)11-18(19)21-17-8-6-5-7-16(17)20-4/h9-10,16-17H,5-8,11H2,1-4H3. The maximum atomic E-state index is 12.3. The van der Waals surface area contributed by atoms with Gasteiger partial charge in [-0.15, -0.1) is 0 Å². The highest BCUT2D eigenvalue weighted by atomic mass is 16.6. The van der Waals surface area contributed by atoms with Crippen molar-refractivity contribution in [1.29, 1.82) is 0 Å². The van der Waals surface area contributed by atoms with E-state index < -0.39 is 0 Å². The highest BCUT2D eigenvalue weighted by Crippen LogP contribution is 2.24. The molecule has 0 saturated heterocycles. The molecule has 0 spiro atoms. The second-order valence-electron chi connectivity index (χ2n) is 6.14. The van der Waals surface area contributed by atoms with Crippen molar-refractivity contribution in [3.8, 4) is 0 Å². The molecule has 116 valence electrons. The molecular formula is C18H26O3. The quantitative estimate of drug-likeness (QED) is 0.794. The molecule has 1 aromatic rings. The van der Waals surface area contributed by atoms with E-state index >= 15 is 0 Å². The van der Waals surface area contributed by atoms with Gasteiger partial charge in [0, 0.05) is 7.11 Å². The Bertz CT molecular complexity index is 484. The molecule has 0 heterocycles. The van der Waals surface area contributed by atoms with Crippen molar-refractivity contribution >= 4 is 5.97 Å². The van der Waals surface area contributed by atoms with Gasteiger partial charge in [-0.05, 0) is 56.7 Å². The van der Waals surface area contributed by atoms with Crippen LogP contribution in [0.3, 0.4) is 0 Å². The number of carbonyl (C=O) groups is 1. The summed E-state index contributed by atoms with van der Waals surface area (Å²) in [5.74, 6) is -0.140. The minimum Gasteiger partial charge on any atom is -0.459 e. The molecule has 3 heteroatoms. The Labute approximate surface area is 127 Å². The van der Waals surface area contributed by atoms with E-state index in [2.05, 4.69) is 32.9 Å². The van der Waals surface area contributed by atoms with Crippen LogP contribution in [0, 0.1) is 20.8 Å². The first-order chi connectivity index (χ1) is 10.0. The normalized spacial score (nSPS) is 22.1. The highest BCUT2D eigenvalue weighted by Gasteiger charge is 2.28. The molecule has 0 aromatic heterocycles. The number of rotatable bonds is 4. The fourth-order valence-electron chi connectivity index (χ4n) is 3.31. The molecule has 0 amide bonds. The molecule has 1 aliphatic carbocycles. The minimum absolute atomic E-state index is 0.0583. The van der Waals surface area contributed by atoms with Crippen molar-refractivity contribution in [3.63, 3.8) is 0 Å². The van der Waals surface area contributed by atoms with Gasteiger partial charge in [-0.3, -0.25) is 4.79 Å². The molecule has 1 aliphatic rings. The molecule has 0 radical (unpaired) electrons. The summed E-state index contributed by atoms with van der Waals surface area (Å²) >= 11 is 0. The van der Waals surface area contributed by atoms with Crippen LogP contribution < -0.4 is 0 Å². The second-order valence-corrected chi connectivity index (χ2v) is 6.14. The molecule has 0 aliphatic heterocycles. The van der Waals surface area contributed by atoms with E-state index in [-0.39, 0.29) is 18.2 Å². The predicted molar refractivity (Wildman–Crippen MR) is 83.5 cm³/mol. The van der Waals surface area contributed by atoms with Crippen molar-refractivity contribution in [2.75, 3.05) is 7.11 Å². The lowest BCUT2D eigenvalue weighted by Crippen LogP contribution is -2.36.